The first-order valence-electron chi connectivity index (χ1n) is 8.17. The molecule has 0 aromatic heterocycles. The summed E-state index contributed by atoms with van der Waals surface area (Å²) in [5.74, 6) is 0.0431. The number of halogens is 1. The Morgan fingerprint density at radius 3 is 2.75 bits per heavy atom. The first kappa shape index (κ1) is 17.2. The zero-order valence-electron chi connectivity index (χ0n) is 13.7. The fraction of sp³-hybridized carbons (Fsp3) is 0.316. The van der Waals surface area contributed by atoms with Gasteiger partial charge in [-0.2, -0.15) is 0 Å². The highest BCUT2D eigenvalue weighted by Crippen LogP contribution is 2.39. The molecule has 1 aliphatic heterocycles. The fourth-order valence-electron chi connectivity index (χ4n) is 2.77. The SMILES string of the molecule is CCC1CN(CC(=O)NCc2ccc(Cl)cc2)c2ccccc2S1. The Kier molecular flexibility index (Phi) is 5.69. The lowest BCUT2D eigenvalue weighted by atomic mass is 10.2. The van der Waals surface area contributed by atoms with Crippen LogP contribution in [0.15, 0.2) is 53.4 Å². The second-order valence-electron chi connectivity index (χ2n) is 5.90. The molecule has 0 spiro atoms. The largest absolute Gasteiger partial charge is 0.360 e. The average Bonchev–Trinajstić information content (AvgIpc) is 2.61. The monoisotopic (exact) mass is 360 g/mol. The summed E-state index contributed by atoms with van der Waals surface area (Å²) in [5, 5.41) is 4.24. The molecule has 24 heavy (non-hydrogen) atoms. The third-order valence-corrected chi connectivity index (χ3v) is 5.78. The van der Waals surface area contributed by atoms with Crippen molar-refractivity contribution in [1.29, 1.82) is 0 Å². The lowest BCUT2D eigenvalue weighted by molar-refractivity contribution is -0.119. The molecule has 1 aliphatic rings. The van der Waals surface area contributed by atoms with E-state index < -0.39 is 0 Å². The summed E-state index contributed by atoms with van der Waals surface area (Å²) >= 11 is 7.80. The number of hydrogen-bond acceptors (Lipinski definition) is 3. The highest BCUT2D eigenvalue weighted by molar-refractivity contribution is 8.00. The Morgan fingerprint density at radius 1 is 1.25 bits per heavy atom. The Balaban J connectivity index is 1.62. The van der Waals surface area contributed by atoms with Crippen molar-refractivity contribution in [3.05, 3.63) is 59.1 Å². The van der Waals surface area contributed by atoms with Crippen LogP contribution in [-0.2, 0) is 11.3 Å². The van der Waals surface area contributed by atoms with Gasteiger partial charge in [0.15, 0.2) is 0 Å². The molecule has 1 amide bonds. The van der Waals surface area contributed by atoms with Gasteiger partial charge in [-0.25, -0.2) is 0 Å². The van der Waals surface area contributed by atoms with Crippen molar-refractivity contribution in [2.75, 3.05) is 18.0 Å². The number of amides is 1. The Morgan fingerprint density at radius 2 is 2.00 bits per heavy atom. The van der Waals surface area contributed by atoms with Crippen molar-refractivity contribution >= 4 is 35.0 Å². The maximum Gasteiger partial charge on any atom is 0.239 e. The molecular weight excluding hydrogens is 340 g/mol. The number of nitrogens with one attached hydrogen (secondary N) is 1. The molecule has 126 valence electrons. The van der Waals surface area contributed by atoms with E-state index in [-0.39, 0.29) is 5.91 Å². The predicted octanol–water partition coefficient (Wildman–Crippen LogP) is 4.35. The quantitative estimate of drug-likeness (QED) is 0.860. The first-order chi connectivity index (χ1) is 11.7. The van der Waals surface area contributed by atoms with E-state index in [4.69, 9.17) is 11.6 Å². The van der Waals surface area contributed by atoms with Crippen molar-refractivity contribution in [3.8, 4) is 0 Å². The standard InChI is InChI=1S/C19H21ClN2OS/c1-2-16-12-22(17-5-3-4-6-18(17)24-16)13-19(23)21-11-14-7-9-15(20)10-8-14/h3-10,16H,2,11-13H2,1H3,(H,21,23). The number of carbonyl (C=O) groups excluding carboxylic acids is 1. The lowest BCUT2D eigenvalue weighted by Gasteiger charge is -2.34. The zero-order valence-corrected chi connectivity index (χ0v) is 15.2. The molecule has 0 saturated carbocycles. The fourth-order valence-corrected chi connectivity index (χ4v) is 4.15. The maximum atomic E-state index is 12.4. The van der Waals surface area contributed by atoms with E-state index in [1.807, 2.05) is 42.1 Å². The van der Waals surface area contributed by atoms with Crippen LogP contribution in [0.25, 0.3) is 0 Å². The lowest BCUT2D eigenvalue weighted by Crippen LogP contribution is -2.42. The van der Waals surface area contributed by atoms with Crippen LogP contribution >= 0.6 is 23.4 Å². The zero-order chi connectivity index (χ0) is 16.9. The summed E-state index contributed by atoms with van der Waals surface area (Å²) in [5.41, 5.74) is 2.21. The van der Waals surface area contributed by atoms with Crippen LogP contribution in [0.2, 0.25) is 5.02 Å². The van der Waals surface area contributed by atoms with Crippen LogP contribution in [0.4, 0.5) is 5.69 Å². The van der Waals surface area contributed by atoms with Crippen LogP contribution in [0.1, 0.15) is 18.9 Å². The molecule has 1 atom stereocenters. The second-order valence-corrected chi connectivity index (χ2v) is 7.68. The van der Waals surface area contributed by atoms with Gasteiger partial charge in [0.1, 0.15) is 0 Å². The van der Waals surface area contributed by atoms with Crippen molar-refractivity contribution in [2.24, 2.45) is 0 Å². The number of benzene rings is 2. The minimum absolute atomic E-state index is 0.0431. The van der Waals surface area contributed by atoms with Gasteiger partial charge < -0.3 is 10.2 Å². The Bertz CT molecular complexity index is 705. The third kappa shape index (κ3) is 4.25. The molecule has 1 unspecified atom stereocenters. The van der Waals surface area contributed by atoms with Crippen LogP contribution < -0.4 is 10.2 Å². The molecule has 0 bridgehead atoms. The molecule has 0 fully saturated rings. The molecule has 5 heteroatoms. The number of thioether (sulfide) groups is 1. The van der Waals surface area contributed by atoms with Gasteiger partial charge in [0.2, 0.25) is 5.91 Å². The van der Waals surface area contributed by atoms with E-state index in [1.165, 1.54) is 4.90 Å². The summed E-state index contributed by atoms with van der Waals surface area (Å²) < 4.78 is 0. The molecular formula is C19H21ClN2OS. The molecule has 2 aromatic rings. The number of nitrogens with zero attached hydrogens (tertiary/aromatic N) is 1. The summed E-state index contributed by atoms with van der Waals surface area (Å²) in [6.07, 6.45) is 1.10. The van der Waals surface area contributed by atoms with Crippen LogP contribution in [0.5, 0.6) is 0 Å². The van der Waals surface area contributed by atoms with Gasteiger partial charge in [0.25, 0.3) is 0 Å². The number of fused-ring (bicyclic) bond motifs is 1. The van der Waals surface area contributed by atoms with E-state index in [1.54, 1.807) is 0 Å². The molecule has 3 rings (SSSR count). The molecule has 0 aliphatic carbocycles. The minimum atomic E-state index is 0.0431. The molecule has 1 heterocycles. The number of hydrogen-bond donors (Lipinski definition) is 1. The highest BCUT2D eigenvalue weighted by atomic mass is 35.5. The molecule has 1 N–H and O–H groups in total. The van der Waals surface area contributed by atoms with Crippen molar-refractivity contribution < 1.29 is 4.79 Å². The summed E-state index contributed by atoms with van der Waals surface area (Å²) in [7, 11) is 0. The molecule has 3 nitrogen and oxygen atoms in total. The van der Waals surface area contributed by atoms with Crippen molar-refractivity contribution in [3.63, 3.8) is 0 Å². The summed E-state index contributed by atoms with van der Waals surface area (Å²) in [6.45, 7) is 4.02. The molecule has 0 saturated heterocycles. The van der Waals surface area contributed by atoms with Gasteiger partial charge in [0, 0.05) is 28.3 Å². The number of anilines is 1. The molecule has 0 radical (unpaired) electrons. The smallest absolute Gasteiger partial charge is 0.239 e. The van der Waals surface area contributed by atoms with Gasteiger partial charge in [-0.05, 0) is 36.2 Å². The predicted molar refractivity (Wildman–Crippen MR) is 102 cm³/mol. The van der Waals surface area contributed by atoms with E-state index in [9.17, 15) is 4.79 Å². The second kappa shape index (κ2) is 7.95. The van der Waals surface area contributed by atoms with Gasteiger partial charge >= 0.3 is 0 Å². The van der Waals surface area contributed by atoms with E-state index in [2.05, 4.69) is 35.3 Å². The summed E-state index contributed by atoms with van der Waals surface area (Å²) in [6, 6.07) is 15.9. The van der Waals surface area contributed by atoms with Crippen LogP contribution in [-0.4, -0.2) is 24.2 Å². The topological polar surface area (TPSA) is 32.3 Å². The number of rotatable bonds is 5. The van der Waals surface area contributed by atoms with Gasteiger partial charge in [-0.3, -0.25) is 4.79 Å². The normalized spacial score (nSPS) is 16.6. The van der Waals surface area contributed by atoms with Crippen molar-refractivity contribution in [2.45, 2.75) is 30.0 Å². The van der Waals surface area contributed by atoms with Crippen LogP contribution in [0.3, 0.4) is 0 Å². The third-order valence-electron chi connectivity index (χ3n) is 4.12. The minimum Gasteiger partial charge on any atom is -0.360 e. The maximum absolute atomic E-state index is 12.4. The Labute approximate surface area is 152 Å². The Hall–Kier alpha value is -1.65. The number of para-hydroxylation sites is 1. The molecule has 2 aromatic carbocycles. The number of carbonyl (C=O) groups is 1. The van der Waals surface area contributed by atoms with E-state index in [0.717, 1.165) is 24.2 Å². The van der Waals surface area contributed by atoms with Crippen LogP contribution in [0, 0.1) is 0 Å². The van der Waals surface area contributed by atoms with Crippen molar-refractivity contribution in [1.82, 2.24) is 5.32 Å². The van der Waals surface area contributed by atoms with E-state index in [0.29, 0.717) is 23.4 Å². The average molecular weight is 361 g/mol. The van der Waals surface area contributed by atoms with Gasteiger partial charge in [0.05, 0.1) is 12.2 Å². The highest BCUT2D eigenvalue weighted by Gasteiger charge is 2.25. The van der Waals surface area contributed by atoms with Gasteiger partial charge in [-0.1, -0.05) is 42.8 Å². The first-order valence-corrected chi connectivity index (χ1v) is 9.43. The van der Waals surface area contributed by atoms with Gasteiger partial charge in [-0.15, -0.1) is 11.8 Å². The van der Waals surface area contributed by atoms with E-state index >= 15 is 0 Å². The summed E-state index contributed by atoms with van der Waals surface area (Å²) in [4.78, 5) is 15.8.